The van der Waals surface area contributed by atoms with Crippen LogP contribution in [0.1, 0.15) is 12.0 Å². The summed E-state index contributed by atoms with van der Waals surface area (Å²) in [6, 6.07) is 6.09. The first kappa shape index (κ1) is 18.9. The highest BCUT2D eigenvalue weighted by molar-refractivity contribution is 7.80. The van der Waals surface area contributed by atoms with Gasteiger partial charge in [0.2, 0.25) is 0 Å². The van der Waals surface area contributed by atoms with Crippen LogP contribution in [0.15, 0.2) is 24.4 Å². The van der Waals surface area contributed by atoms with Gasteiger partial charge in [-0.2, -0.15) is 0 Å². The SMILES string of the molecule is COc1ccc2[nH]cc(CCNC(=S)NCCCN3CCOCC3)c2c1. The molecule has 0 radical (unpaired) electrons. The van der Waals surface area contributed by atoms with E-state index in [9.17, 15) is 0 Å². The number of thiocarbonyl (C=S) groups is 1. The molecule has 1 saturated heterocycles. The van der Waals surface area contributed by atoms with Gasteiger partial charge >= 0.3 is 0 Å². The number of aromatic nitrogens is 1. The number of nitrogens with zero attached hydrogens (tertiary/aromatic N) is 1. The second-order valence-corrected chi connectivity index (χ2v) is 6.87. The van der Waals surface area contributed by atoms with E-state index in [0.717, 1.165) is 75.2 Å². The molecule has 0 aliphatic carbocycles. The van der Waals surface area contributed by atoms with Crippen molar-refractivity contribution in [1.82, 2.24) is 20.5 Å². The summed E-state index contributed by atoms with van der Waals surface area (Å²) < 4.78 is 10.7. The third-order valence-corrected chi connectivity index (χ3v) is 4.98. The maximum absolute atomic E-state index is 5.37. The summed E-state index contributed by atoms with van der Waals surface area (Å²) in [6.07, 6.45) is 4.05. The predicted octanol–water partition coefficient (Wildman–Crippen LogP) is 1.91. The van der Waals surface area contributed by atoms with Gasteiger partial charge in [0, 0.05) is 43.3 Å². The number of nitrogens with one attached hydrogen (secondary N) is 3. The molecule has 6 nitrogen and oxygen atoms in total. The Morgan fingerprint density at radius 2 is 2.08 bits per heavy atom. The number of hydrogen-bond donors (Lipinski definition) is 3. The summed E-state index contributed by atoms with van der Waals surface area (Å²) >= 11 is 5.37. The monoisotopic (exact) mass is 376 g/mol. The van der Waals surface area contributed by atoms with Crippen LogP contribution in [0.5, 0.6) is 5.75 Å². The number of benzene rings is 1. The van der Waals surface area contributed by atoms with Crippen LogP contribution in [0, 0.1) is 0 Å². The Labute approximate surface area is 160 Å². The minimum atomic E-state index is 0.726. The van der Waals surface area contributed by atoms with Crippen LogP contribution < -0.4 is 15.4 Å². The molecule has 1 aliphatic rings. The number of rotatable bonds is 8. The van der Waals surface area contributed by atoms with E-state index >= 15 is 0 Å². The molecular formula is C19H28N4O2S. The van der Waals surface area contributed by atoms with E-state index in [-0.39, 0.29) is 0 Å². The summed E-state index contributed by atoms with van der Waals surface area (Å²) in [7, 11) is 1.69. The van der Waals surface area contributed by atoms with Crippen molar-refractivity contribution in [2.24, 2.45) is 0 Å². The van der Waals surface area contributed by atoms with Crippen molar-refractivity contribution >= 4 is 28.2 Å². The summed E-state index contributed by atoms with van der Waals surface area (Å²) in [5.74, 6) is 0.878. The average molecular weight is 377 g/mol. The van der Waals surface area contributed by atoms with E-state index in [0.29, 0.717) is 0 Å². The minimum absolute atomic E-state index is 0.726. The molecule has 142 valence electrons. The molecule has 0 spiro atoms. The first-order chi connectivity index (χ1) is 12.8. The maximum atomic E-state index is 5.37. The lowest BCUT2D eigenvalue weighted by Crippen LogP contribution is -2.40. The molecule has 0 amide bonds. The number of H-pyrrole nitrogens is 1. The number of morpholine rings is 1. The fraction of sp³-hybridized carbons (Fsp3) is 0.526. The summed E-state index contributed by atoms with van der Waals surface area (Å²) in [6.45, 7) is 6.58. The summed E-state index contributed by atoms with van der Waals surface area (Å²) in [5, 5.41) is 8.52. The first-order valence-electron chi connectivity index (χ1n) is 9.22. The molecule has 3 N–H and O–H groups in total. The van der Waals surface area contributed by atoms with Crippen LogP contribution in [0.2, 0.25) is 0 Å². The fourth-order valence-corrected chi connectivity index (χ4v) is 3.40. The van der Waals surface area contributed by atoms with E-state index < -0.39 is 0 Å². The lowest BCUT2D eigenvalue weighted by atomic mass is 10.1. The van der Waals surface area contributed by atoms with E-state index in [4.69, 9.17) is 21.7 Å². The van der Waals surface area contributed by atoms with E-state index in [2.05, 4.69) is 32.8 Å². The molecule has 1 aliphatic heterocycles. The zero-order chi connectivity index (χ0) is 18.2. The molecule has 0 saturated carbocycles. The zero-order valence-corrected chi connectivity index (χ0v) is 16.2. The van der Waals surface area contributed by atoms with Crippen LogP contribution in [0.3, 0.4) is 0 Å². The van der Waals surface area contributed by atoms with Gasteiger partial charge in [0.05, 0.1) is 20.3 Å². The Balaban J connectivity index is 1.34. The van der Waals surface area contributed by atoms with Crippen LogP contribution >= 0.6 is 12.2 Å². The predicted molar refractivity (Wildman–Crippen MR) is 109 cm³/mol. The Kier molecular flexibility index (Phi) is 7.11. The van der Waals surface area contributed by atoms with Gasteiger partial charge in [-0.05, 0) is 55.4 Å². The van der Waals surface area contributed by atoms with Crippen LogP contribution in [-0.4, -0.2) is 68.0 Å². The van der Waals surface area contributed by atoms with Crippen molar-refractivity contribution in [3.63, 3.8) is 0 Å². The van der Waals surface area contributed by atoms with Gasteiger partial charge in [0.25, 0.3) is 0 Å². The molecule has 26 heavy (non-hydrogen) atoms. The van der Waals surface area contributed by atoms with E-state index in [1.807, 2.05) is 12.1 Å². The van der Waals surface area contributed by atoms with Crippen LogP contribution in [-0.2, 0) is 11.2 Å². The van der Waals surface area contributed by atoms with Crippen molar-refractivity contribution < 1.29 is 9.47 Å². The molecule has 1 aromatic carbocycles. The lowest BCUT2D eigenvalue weighted by molar-refractivity contribution is 0.0376. The van der Waals surface area contributed by atoms with E-state index in [1.54, 1.807) is 7.11 Å². The van der Waals surface area contributed by atoms with Gasteiger partial charge in [-0.1, -0.05) is 0 Å². The number of hydrogen-bond acceptors (Lipinski definition) is 4. The molecule has 1 aromatic heterocycles. The van der Waals surface area contributed by atoms with Crippen molar-refractivity contribution in [2.75, 3.05) is 53.0 Å². The molecule has 0 unspecified atom stereocenters. The van der Waals surface area contributed by atoms with Gasteiger partial charge < -0.3 is 25.1 Å². The van der Waals surface area contributed by atoms with Gasteiger partial charge in [-0.25, -0.2) is 0 Å². The van der Waals surface area contributed by atoms with Crippen molar-refractivity contribution in [1.29, 1.82) is 0 Å². The molecule has 3 rings (SSSR count). The third-order valence-electron chi connectivity index (χ3n) is 4.69. The van der Waals surface area contributed by atoms with Crippen LogP contribution in [0.25, 0.3) is 10.9 Å². The van der Waals surface area contributed by atoms with Gasteiger partial charge in [0.1, 0.15) is 5.75 Å². The number of fused-ring (bicyclic) bond motifs is 1. The normalized spacial score (nSPS) is 15.1. The van der Waals surface area contributed by atoms with Gasteiger partial charge in [-0.3, -0.25) is 4.90 Å². The largest absolute Gasteiger partial charge is 0.497 e. The number of ether oxygens (including phenoxy) is 2. The molecular weight excluding hydrogens is 348 g/mol. The van der Waals surface area contributed by atoms with Crippen molar-refractivity contribution in [3.8, 4) is 5.75 Å². The fourth-order valence-electron chi connectivity index (χ4n) is 3.19. The summed E-state index contributed by atoms with van der Waals surface area (Å²) in [5.41, 5.74) is 2.39. The second kappa shape index (κ2) is 9.75. The molecule has 7 heteroatoms. The number of methoxy groups -OCH3 is 1. The van der Waals surface area contributed by atoms with E-state index in [1.165, 1.54) is 10.9 Å². The van der Waals surface area contributed by atoms with Gasteiger partial charge in [-0.15, -0.1) is 0 Å². The van der Waals surface area contributed by atoms with Crippen molar-refractivity contribution in [2.45, 2.75) is 12.8 Å². The highest BCUT2D eigenvalue weighted by Crippen LogP contribution is 2.23. The average Bonchev–Trinajstić information content (AvgIpc) is 3.08. The lowest BCUT2D eigenvalue weighted by Gasteiger charge is -2.26. The number of aromatic amines is 1. The maximum Gasteiger partial charge on any atom is 0.166 e. The quantitative estimate of drug-likeness (QED) is 0.483. The Bertz CT molecular complexity index is 713. The van der Waals surface area contributed by atoms with Crippen molar-refractivity contribution in [3.05, 3.63) is 30.0 Å². The molecule has 2 aromatic rings. The van der Waals surface area contributed by atoms with Crippen LogP contribution in [0.4, 0.5) is 0 Å². The standard InChI is InChI=1S/C19H28N4O2S/c1-24-16-3-4-18-17(13-16)15(14-22-18)5-7-21-19(26)20-6-2-8-23-9-11-25-12-10-23/h3-4,13-14,22H,2,5-12H2,1H3,(H2,20,21,26). The smallest absolute Gasteiger partial charge is 0.166 e. The minimum Gasteiger partial charge on any atom is -0.497 e. The topological polar surface area (TPSA) is 61.5 Å². The zero-order valence-electron chi connectivity index (χ0n) is 15.3. The highest BCUT2D eigenvalue weighted by Gasteiger charge is 2.09. The molecule has 0 atom stereocenters. The first-order valence-corrected chi connectivity index (χ1v) is 9.63. The Hall–Kier alpha value is -1.83. The molecule has 2 heterocycles. The Morgan fingerprint density at radius 1 is 1.27 bits per heavy atom. The Morgan fingerprint density at radius 3 is 2.88 bits per heavy atom. The summed E-state index contributed by atoms with van der Waals surface area (Å²) in [4.78, 5) is 5.74. The third kappa shape index (κ3) is 5.33. The molecule has 0 bridgehead atoms. The highest BCUT2D eigenvalue weighted by atomic mass is 32.1. The second-order valence-electron chi connectivity index (χ2n) is 6.47. The molecule has 1 fully saturated rings. The van der Waals surface area contributed by atoms with Gasteiger partial charge in [0.15, 0.2) is 5.11 Å².